The average Bonchev–Trinajstić information content (AvgIpc) is 3.75. The van der Waals surface area contributed by atoms with E-state index in [9.17, 15) is 43.5 Å². The van der Waals surface area contributed by atoms with E-state index >= 15 is 0 Å². The first-order valence-corrected chi connectivity index (χ1v) is 17.7. The molecule has 8 amide bonds. The molecular formula is C35H49N9O9. The van der Waals surface area contributed by atoms with Crippen molar-refractivity contribution in [2.75, 3.05) is 13.1 Å². The van der Waals surface area contributed by atoms with Gasteiger partial charge in [-0.25, -0.2) is 0 Å². The van der Waals surface area contributed by atoms with Crippen LogP contribution in [-0.2, 0) is 44.8 Å². The zero-order valence-corrected chi connectivity index (χ0v) is 30.2. The SMILES string of the molecule is CC(C)C[C@@H]1NC(=O)[C@H](Cc2c[nH]c3ccccc23)NC(=O)[C@H](C)NC(=O)[C@H](CC(N)=O)NC(=O)[C@@H]2CCCN2C(=O)[C@H]([C@@H](C)O)NC(=O)CNC1=O. The summed E-state index contributed by atoms with van der Waals surface area (Å²) in [5, 5.41) is 26.4. The van der Waals surface area contributed by atoms with E-state index in [-0.39, 0.29) is 31.7 Å². The molecule has 2 aromatic rings. The van der Waals surface area contributed by atoms with Crippen molar-refractivity contribution in [3.05, 3.63) is 36.0 Å². The molecule has 0 aliphatic carbocycles. The number of aliphatic hydroxyl groups excluding tert-OH is 1. The van der Waals surface area contributed by atoms with Crippen molar-refractivity contribution in [2.45, 2.75) is 102 Å². The van der Waals surface area contributed by atoms with E-state index in [2.05, 4.69) is 36.9 Å². The molecule has 0 radical (unpaired) electrons. The topological polar surface area (TPSA) is 274 Å². The maximum atomic E-state index is 13.9. The fraction of sp³-hybridized carbons (Fsp3) is 0.543. The first-order valence-electron chi connectivity index (χ1n) is 17.7. The van der Waals surface area contributed by atoms with E-state index < -0.39 is 103 Å². The number of aliphatic hydroxyl groups is 1. The smallest absolute Gasteiger partial charge is 0.248 e. The summed E-state index contributed by atoms with van der Waals surface area (Å²) >= 11 is 0. The Morgan fingerprint density at radius 2 is 1.53 bits per heavy atom. The lowest BCUT2D eigenvalue weighted by Gasteiger charge is -2.31. The zero-order chi connectivity index (χ0) is 39.0. The number of carbonyl (C=O) groups is 8. The van der Waals surface area contributed by atoms with Gasteiger partial charge in [0.15, 0.2) is 0 Å². The highest BCUT2D eigenvalue weighted by atomic mass is 16.3. The van der Waals surface area contributed by atoms with Gasteiger partial charge in [0.25, 0.3) is 0 Å². The third-order valence-electron chi connectivity index (χ3n) is 9.19. The van der Waals surface area contributed by atoms with Gasteiger partial charge in [-0.2, -0.15) is 0 Å². The Morgan fingerprint density at radius 3 is 2.21 bits per heavy atom. The molecule has 18 nitrogen and oxygen atoms in total. The second kappa shape index (κ2) is 17.8. The van der Waals surface area contributed by atoms with Gasteiger partial charge in [0.2, 0.25) is 47.3 Å². The number of amides is 8. The lowest BCUT2D eigenvalue weighted by Crippen LogP contribution is -2.60. The number of nitrogens with one attached hydrogen (secondary N) is 7. The first-order chi connectivity index (χ1) is 25.0. The summed E-state index contributed by atoms with van der Waals surface area (Å²) in [5.41, 5.74) is 6.85. The van der Waals surface area contributed by atoms with Crippen LogP contribution in [-0.4, -0.2) is 118 Å². The Bertz CT molecular complexity index is 1720. The number of aromatic nitrogens is 1. The molecule has 0 unspecified atom stereocenters. The van der Waals surface area contributed by atoms with Crippen molar-refractivity contribution in [1.82, 2.24) is 41.8 Å². The Hall–Kier alpha value is -5.52. The predicted octanol–water partition coefficient (Wildman–Crippen LogP) is -2.42. The molecule has 1 aromatic heterocycles. The number of carbonyl (C=O) groups excluding carboxylic acids is 8. The Morgan fingerprint density at radius 1 is 0.868 bits per heavy atom. The van der Waals surface area contributed by atoms with Crippen LogP contribution >= 0.6 is 0 Å². The number of hydrogen-bond acceptors (Lipinski definition) is 9. The second-order valence-corrected chi connectivity index (χ2v) is 14.0. The summed E-state index contributed by atoms with van der Waals surface area (Å²) in [4.78, 5) is 111. The summed E-state index contributed by atoms with van der Waals surface area (Å²) < 4.78 is 0. The molecule has 7 atom stereocenters. The summed E-state index contributed by atoms with van der Waals surface area (Å²) in [5.74, 6) is -6.57. The maximum Gasteiger partial charge on any atom is 0.248 e. The summed E-state index contributed by atoms with van der Waals surface area (Å²) in [7, 11) is 0. The monoisotopic (exact) mass is 739 g/mol. The molecule has 2 aliphatic rings. The van der Waals surface area contributed by atoms with Crippen LogP contribution in [0.1, 0.15) is 58.9 Å². The minimum Gasteiger partial charge on any atom is -0.391 e. The zero-order valence-electron chi connectivity index (χ0n) is 30.2. The molecule has 1 aromatic carbocycles. The number of H-pyrrole nitrogens is 1. The predicted molar refractivity (Wildman–Crippen MR) is 190 cm³/mol. The van der Waals surface area contributed by atoms with Crippen molar-refractivity contribution in [1.29, 1.82) is 0 Å². The van der Waals surface area contributed by atoms with Gasteiger partial charge in [-0.1, -0.05) is 32.0 Å². The van der Waals surface area contributed by atoms with E-state index in [0.717, 1.165) is 15.8 Å². The van der Waals surface area contributed by atoms with E-state index in [1.54, 1.807) is 6.20 Å². The molecule has 10 N–H and O–H groups in total. The molecular weight excluding hydrogens is 690 g/mol. The molecule has 0 bridgehead atoms. The number of nitrogens with two attached hydrogens (primary N) is 1. The molecule has 4 rings (SSSR count). The molecule has 0 spiro atoms. The molecule has 2 fully saturated rings. The van der Waals surface area contributed by atoms with Crippen molar-refractivity contribution >= 4 is 58.2 Å². The summed E-state index contributed by atoms with van der Waals surface area (Å²) in [6.07, 6.45) is 0.346. The Labute approximate surface area is 306 Å². The van der Waals surface area contributed by atoms with Gasteiger partial charge < -0.3 is 52.6 Å². The minimum atomic E-state index is -1.53. The van der Waals surface area contributed by atoms with Crippen LogP contribution in [0, 0.1) is 5.92 Å². The fourth-order valence-electron chi connectivity index (χ4n) is 6.45. The van der Waals surface area contributed by atoms with Crippen molar-refractivity contribution in [3.63, 3.8) is 0 Å². The molecule has 2 saturated heterocycles. The van der Waals surface area contributed by atoms with E-state index in [1.807, 2.05) is 38.1 Å². The Kier molecular flexibility index (Phi) is 13.5. The van der Waals surface area contributed by atoms with Crippen LogP contribution in [0.4, 0.5) is 0 Å². The highest BCUT2D eigenvalue weighted by Gasteiger charge is 2.41. The number of nitrogens with zero attached hydrogens (tertiary/aromatic N) is 1. The van der Waals surface area contributed by atoms with Gasteiger partial charge >= 0.3 is 0 Å². The number of rotatable bonds is 7. The number of primary amides is 1. The molecule has 2 aliphatic heterocycles. The highest BCUT2D eigenvalue weighted by Crippen LogP contribution is 2.21. The molecule has 18 heteroatoms. The average molecular weight is 740 g/mol. The van der Waals surface area contributed by atoms with Crippen LogP contribution < -0.4 is 37.6 Å². The van der Waals surface area contributed by atoms with Crippen molar-refractivity contribution < 1.29 is 43.5 Å². The quantitative estimate of drug-likeness (QED) is 0.146. The van der Waals surface area contributed by atoms with Gasteiger partial charge in [0.1, 0.15) is 36.3 Å². The van der Waals surface area contributed by atoms with Gasteiger partial charge in [-0.05, 0) is 50.7 Å². The van der Waals surface area contributed by atoms with Crippen molar-refractivity contribution in [2.24, 2.45) is 11.7 Å². The summed E-state index contributed by atoms with van der Waals surface area (Å²) in [6, 6.07) is -0.518. The highest BCUT2D eigenvalue weighted by molar-refractivity contribution is 5.99. The van der Waals surface area contributed by atoms with Crippen LogP contribution in [0.25, 0.3) is 10.9 Å². The molecule has 53 heavy (non-hydrogen) atoms. The summed E-state index contributed by atoms with van der Waals surface area (Å²) in [6.45, 7) is 5.76. The van der Waals surface area contributed by atoms with E-state index in [0.29, 0.717) is 12.0 Å². The number of para-hydroxylation sites is 1. The van der Waals surface area contributed by atoms with Crippen LogP contribution in [0.5, 0.6) is 0 Å². The van der Waals surface area contributed by atoms with E-state index in [4.69, 9.17) is 5.73 Å². The molecule has 0 saturated carbocycles. The standard InChI is InChI=1S/C35H49N9O9/c1-17(2)12-23-31(49)38-16-28(47)43-29(19(4)45)35(53)44-11-7-10-26(44)34(52)42-25(14-27(36)46)32(50)39-18(3)30(48)40-24(33(51)41-23)13-20-15-37-22-9-6-5-8-21(20)22/h5-6,8-9,15,17-19,23-26,29,37,45H,7,10-14,16H2,1-4H3,(H2,36,46)(H,38,49)(H,39,50)(H,40,48)(H,41,51)(H,42,52)(H,43,47)/t18-,19+,23-,24-,25-,26-,29-/m0/s1. The molecule has 3 heterocycles. The molecule has 288 valence electrons. The van der Waals surface area contributed by atoms with Crippen LogP contribution in [0.15, 0.2) is 30.5 Å². The third-order valence-corrected chi connectivity index (χ3v) is 9.19. The number of aromatic amines is 1. The second-order valence-electron chi connectivity index (χ2n) is 14.0. The van der Waals surface area contributed by atoms with Gasteiger partial charge in [-0.15, -0.1) is 0 Å². The fourth-order valence-corrected chi connectivity index (χ4v) is 6.45. The van der Waals surface area contributed by atoms with Gasteiger partial charge in [0.05, 0.1) is 19.1 Å². The van der Waals surface area contributed by atoms with Crippen molar-refractivity contribution in [3.8, 4) is 0 Å². The van der Waals surface area contributed by atoms with Crippen LogP contribution in [0.2, 0.25) is 0 Å². The number of hydrogen-bond donors (Lipinski definition) is 9. The number of fused-ring (bicyclic) bond motifs is 2. The van der Waals surface area contributed by atoms with Gasteiger partial charge in [0, 0.05) is 30.1 Å². The maximum absolute atomic E-state index is 13.9. The lowest BCUT2D eigenvalue weighted by molar-refractivity contribution is -0.144. The number of benzene rings is 1. The van der Waals surface area contributed by atoms with Crippen LogP contribution in [0.3, 0.4) is 0 Å². The Balaban J connectivity index is 1.69. The lowest BCUT2D eigenvalue weighted by atomic mass is 10.0. The third kappa shape index (κ3) is 10.5. The first kappa shape index (κ1) is 40.3. The normalized spacial score (nSPS) is 26.4. The minimum absolute atomic E-state index is 0.0202. The van der Waals surface area contributed by atoms with E-state index in [1.165, 1.54) is 13.8 Å². The van der Waals surface area contributed by atoms with Gasteiger partial charge in [-0.3, -0.25) is 38.4 Å². The largest absolute Gasteiger partial charge is 0.391 e.